The number of nitrogens with zero attached hydrogens (tertiary/aromatic N) is 2. The molecular formula is C19H25N3O2S. The van der Waals surface area contributed by atoms with Gasteiger partial charge < -0.3 is 15.4 Å². The first-order chi connectivity index (χ1) is 11.8. The number of hydrogen-bond acceptors (Lipinski definition) is 5. The van der Waals surface area contributed by atoms with Crippen molar-refractivity contribution in [3.05, 3.63) is 35.5 Å². The summed E-state index contributed by atoms with van der Waals surface area (Å²) in [6.45, 7) is 7.12. The molecule has 0 saturated carbocycles. The van der Waals surface area contributed by atoms with E-state index in [-0.39, 0.29) is 6.09 Å². The van der Waals surface area contributed by atoms with Gasteiger partial charge in [0.2, 0.25) is 0 Å². The van der Waals surface area contributed by atoms with Crippen molar-refractivity contribution >= 4 is 23.1 Å². The maximum absolute atomic E-state index is 12.2. The Morgan fingerprint density at radius 2 is 1.88 bits per heavy atom. The van der Waals surface area contributed by atoms with Gasteiger partial charge in [-0.3, -0.25) is 0 Å². The van der Waals surface area contributed by atoms with Crippen molar-refractivity contribution in [1.29, 1.82) is 0 Å². The fourth-order valence-electron chi connectivity index (χ4n) is 2.89. The number of anilines is 1. The van der Waals surface area contributed by atoms with Gasteiger partial charge in [0.1, 0.15) is 5.60 Å². The standard InChI is InChI=1S/C19H25N3O2S/c1-19(2,3)24-18(23)22-10-8-14(9-11-22)17-21-12-16(25-17)13-4-6-15(20)7-5-13/h4-7,12,14H,8-11,20H2,1-3H3. The van der Waals surface area contributed by atoms with Gasteiger partial charge in [0, 0.05) is 30.9 Å². The van der Waals surface area contributed by atoms with E-state index in [2.05, 4.69) is 4.98 Å². The Morgan fingerprint density at radius 1 is 1.24 bits per heavy atom. The molecule has 0 bridgehead atoms. The number of nitrogens with two attached hydrogens (primary N) is 1. The molecule has 1 aromatic carbocycles. The Morgan fingerprint density at radius 3 is 2.48 bits per heavy atom. The molecule has 1 aromatic heterocycles. The summed E-state index contributed by atoms with van der Waals surface area (Å²) in [6.07, 6.45) is 3.57. The lowest BCUT2D eigenvalue weighted by Crippen LogP contribution is -2.41. The third-order valence-corrected chi connectivity index (χ3v) is 5.42. The van der Waals surface area contributed by atoms with Crippen molar-refractivity contribution in [2.75, 3.05) is 18.8 Å². The average molecular weight is 359 g/mol. The molecule has 2 aromatic rings. The normalized spacial score (nSPS) is 16.0. The topological polar surface area (TPSA) is 68.5 Å². The molecule has 0 spiro atoms. The number of carbonyl (C=O) groups is 1. The highest BCUT2D eigenvalue weighted by atomic mass is 32.1. The van der Waals surface area contributed by atoms with Crippen LogP contribution in [-0.4, -0.2) is 34.7 Å². The number of thiazole rings is 1. The summed E-state index contributed by atoms with van der Waals surface area (Å²) >= 11 is 1.73. The molecule has 6 heteroatoms. The fraction of sp³-hybridized carbons (Fsp3) is 0.474. The van der Waals surface area contributed by atoms with Crippen LogP contribution in [0, 0.1) is 0 Å². The number of benzene rings is 1. The van der Waals surface area contributed by atoms with Crippen LogP contribution in [0.15, 0.2) is 30.5 Å². The number of rotatable bonds is 2. The predicted molar refractivity (Wildman–Crippen MR) is 102 cm³/mol. The van der Waals surface area contributed by atoms with Crippen molar-refractivity contribution in [2.45, 2.75) is 45.1 Å². The van der Waals surface area contributed by atoms with E-state index in [1.54, 1.807) is 16.2 Å². The monoisotopic (exact) mass is 359 g/mol. The van der Waals surface area contributed by atoms with Crippen molar-refractivity contribution in [3.63, 3.8) is 0 Å². The van der Waals surface area contributed by atoms with E-state index < -0.39 is 5.60 Å². The number of ether oxygens (including phenoxy) is 1. The third kappa shape index (κ3) is 4.51. The smallest absolute Gasteiger partial charge is 0.410 e. The van der Waals surface area contributed by atoms with Crippen LogP contribution in [0.1, 0.15) is 44.5 Å². The summed E-state index contributed by atoms with van der Waals surface area (Å²) in [5.41, 5.74) is 7.21. The lowest BCUT2D eigenvalue weighted by Gasteiger charge is -2.32. The molecule has 0 aliphatic carbocycles. The van der Waals surface area contributed by atoms with Gasteiger partial charge in [0.25, 0.3) is 0 Å². The first-order valence-corrected chi connectivity index (χ1v) is 9.43. The fourth-order valence-corrected chi connectivity index (χ4v) is 3.99. The van der Waals surface area contributed by atoms with E-state index in [0.717, 1.165) is 47.1 Å². The summed E-state index contributed by atoms with van der Waals surface area (Å²) in [4.78, 5) is 19.7. The van der Waals surface area contributed by atoms with Crippen LogP contribution in [0.2, 0.25) is 0 Å². The summed E-state index contributed by atoms with van der Waals surface area (Å²) in [5, 5.41) is 1.15. The summed E-state index contributed by atoms with van der Waals surface area (Å²) < 4.78 is 5.45. The molecule has 1 aliphatic heterocycles. The first kappa shape index (κ1) is 17.7. The molecule has 1 saturated heterocycles. The molecule has 1 aliphatic rings. The van der Waals surface area contributed by atoms with Crippen LogP contribution in [0.3, 0.4) is 0 Å². The molecule has 2 heterocycles. The van der Waals surface area contributed by atoms with E-state index in [9.17, 15) is 4.79 Å². The number of carbonyl (C=O) groups excluding carboxylic acids is 1. The lowest BCUT2D eigenvalue weighted by atomic mass is 9.98. The minimum atomic E-state index is -0.447. The first-order valence-electron chi connectivity index (χ1n) is 8.61. The van der Waals surface area contributed by atoms with E-state index in [1.165, 1.54) is 0 Å². The van der Waals surface area contributed by atoms with Crippen molar-refractivity contribution in [3.8, 4) is 10.4 Å². The second kappa shape index (κ2) is 7.04. The van der Waals surface area contributed by atoms with Crippen molar-refractivity contribution in [2.24, 2.45) is 0 Å². The van der Waals surface area contributed by atoms with Crippen molar-refractivity contribution in [1.82, 2.24) is 9.88 Å². The number of likely N-dealkylation sites (tertiary alicyclic amines) is 1. The van der Waals surface area contributed by atoms with Crippen molar-refractivity contribution < 1.29 is 9.53 Å². The molecule has 5 nitrogen and oxygen atoms in total. The molecular weight excluding hydrogens is 334 g/mol. The van der Waals surface area contributed by atoms with Crippen LogP contribution in [0.5, 0.6) is 0 Å². The van der Waals surface area contributed by atoms with Gasteiger partial charge in [0.15, 0.2) is 0 Å². The zero-order chi connectivity index (χ0) is 18.0. The number of amides is 1. The van der Waals surface area contributed by atoms with E-state index in [1.807, 2.05) is 51.2 Å². The summed E-state index contributed by atoms with van der Waals surface area (Å²) in [5.74, 6) is 0.409. The van der Waals surface area contributed by atoms with Gasteiger partial charge in [-0.25, -0.2) is 9.78 Å². The molecule has 3 rings (SSSR count). The second-order valence-corrected chi connectivity index (χ2v) is 8.49. The highest BCUT2D eigenvalue weighted by Crippen LogP contribution is 2.35. The van der Waals surface area contributed by atoms with Gasteiger partial charge in [-0.05, 0) is 51.3 Å². The van der Waals surface area contributed by atoms with Crippen LogP contribution < -0.4 is 5.73 Å². The molecule has 1 amide bonds. The van der Waals surface area contributed by atoms with E-state index >= 15 is 0 Å². The van der Waals surface area contributed by atoms with Crippen LogP contribution >= 0.6 is 11.3 Å². The molecule has 1 fully saturated rings. The second-order valence-electron chi connectivity index (χ2n) is 7.43. The van der Waals surface area contributed by atoms with Gasteiger partial charge in [-0.1, -0.05) is 12.1 Å². The Bertz CT molecular complexity index is 726. The Hall–Kier alpha value is -2.08. The van der Waals surface area contributed by atoms with Gasteiger partial charge in [-0.2, -0.15) is 0 Å². The third-order valence-electron chi connectivity index (χ3n) is 4.21. The van der Waals surface area contributed by atoms with E-state index in [0.29, 0.717) is 5.92 Å². The lowest BCUT2D eigenvalue weighted by molar-refractivity contribution is 0.0205. The molecule has 134 valence electrons. The Balaban J connectivity index is 1.60. The Labute approximate surface area is 152 Å². The molecule has 0 unspecified atom stereocenters. The van der Waals surface area contributed by atoms with Gasteiger partial charge in [0.05, 0.1) is 9.88 Å². The highest BCUT2D eigenvalue weighted by Gasteiger charge is 2.28. The minimum absolute atomic E-state index is 0.215. The molecule has 25 heavy (non-hydrogen) atoms. The van der Waals surface area contributed by atoms with Gasteiger partial charge >= 0.3 is 6.09 Å². The molecule has 0 radical (unpaired) electrons. The number of nitrogen functional groups attached to an aromatic ring is 1. The minimum Gasteiger partial charge on any atom is -0.444 e. The maximum Gasteiger partial charge on any atom is 0.410 e. The summed E-state index contributed by atoms with van der Waals surface area (Å²) in [6, 6.07) is 7.87. The zero-order valence-electron chi connectivity index (χ0n) is 15.0. The number of aromatic nitrogens is 1. The maximum atomic E-state index is 12.2. The summed E-state index contributed by atoms with van der Waals surface area (Å²) in [7, 11) is 0. The average Bonchev–Trinajstić information content (AvgIpc) is 3.04. The van der Waals surface area contributed by atoms with Gasteiger partial charge in [-0.15, -0.1) is 11.3 Å². The highest BCUT2D eigenvalue weighted by molar-refractivity contribution is 7.15. The number of piperidine rings is 1. The largest absolute Gasteiger partial charge is 0.444 e. The molecule has 2 N–H and O–H groups in total. The SMILES string of the molecule is CC(C)(C)OC(=O)N1CCC(c2ncc(-c3ccc(N)cc3)s2)CC1. The van der Waals surface area contributed by atoms with E-state index in [4.69, 9.17) is 10.5 Å². The quantitative estimate of drug-likeness (QED) is 0.801. The van der Waals surface area contributed by atoms with Crippen LogP contribution in [-0.2, 0) is 4.74 Å². The number of hydrogen-bond donors (Lipinski definition) is 1. The van der Waals surface area contributed by atoms with Crippen LogP contribution in [0.25, 0.3) is 10.4 Å². The Kier molecular flexibility index (Phi) is 4.99. The van der Waals surface area contributed by atoms with Crippen LogP contribution in [0.4, 0.5) is 10.5 Å². The predicted octanol–water partition coefficient (Wildman–Crippen LogP) is 4.51. The zero-order valence-corrected chi connectivity index (χ0v) is 15.8. The molecule has 0 atom stereocenters.